The minimum atomic E-state index is 0.615. The van der Waals surface area contributed by atoms with Crippen molar-refractivity contribution >= 4 is 5.82 Å². The van der Waals surface area contributed by atoms with Gasteiger partial charge in [-0.3, -0.25) is 5.10 Å². The average Bonchev–Trinajstić information content (AvgIpc) is 2.81. The lowest BCUT2D eigenvalue weighted by Crippen LogP contribution is -2.22. The second-order valence-electron chi connectivity index (χ2n) is 4.23. The molecule has 0 amide bonds. The standard InChI is InChI=1S/C11H13N5/c1-7-2-9-10(8-4-15-16-5-8)13-6-14-11(9)12-3-7/h4-7H,2-3H2,1H3,(H,15,16)(H,12,13,14). The zero-order chi connectivity index (χ0) is 11.0. The summed E-state index contributed by atoms with van der Waals surface area (Å²) >= 11 is 0. The molecule has 1 aliphatic heterocycles. The molecule has 3 rings (SSSR count). The highest BCUT2D eigenvalue weighted by atomic mass is 15.1. The van der Waals surface area contributed by atoms with Crippen molar-refractivity contribution in [3.63, 3.8) is 0 Å². The third-order valence-corrected chi connectivity index (χ3v) is 2.89. The number of aromatic nitrogens is 4. The van der Waals surface area contributed by atoms with Gasteiger partial charge in [0.05, 0.1) is 11.9 Å². The van der Waals surface area contributed by atoms with Crippen LogP contribution in [-0.2, 0) is 6.42 Å². The maximum Gasteiger partial charge on any atom is 0.133 e. The fourth-order valence-corrected chi connectivity index (χ4v) is 2.08. The van der Waals surface area contributed by atoms with Crippen molar-refractivity contribution in [3.05, 3.63) is 24.3 Å². The van der Waals surface area contributed by atoms with Gasteiger partial charge in [0.25, 0.3) is 0 Å². The summed E-state index contributed by atoms with van der Waals surface area (Å²) in [5, 5.41) is 10.1. The van der Waals surface area contributed by atoms with E-state index in [9.17, 15) is 0 Å². The van der Waals surface area contributed by atoms with Crippen LogP contribution in [0.15, 0.2) is 18.7 Å². The van der Waals surface area contributed by atoms with Gasteiger partial charge >= 0.3 is 0 Å². The molecule has 5 nitrogen and oxygen atoms in total. The molecule has 1 unspecified atom stereocenters. The van der Waals surface area contributed by atoms with Crippen molar-refractivity contribution in [2.75, 3.05) is 11.9 Å². The number of aromatic amines is 1. The number of H-pyrrole nitrogens is 1. The minimum absolute atomic E-state index is 0.615. The Balaban J connectivity index is 2.13. The summed E-state index contributed by atoms with van der Waals surface area (Å²) in [4.78, 5) is 8.63. The van der Waals surface area contributed by atoms with Crippen molar-refractivity contribution in [2.24, 2.45) is 5.92 Å². The molecule has 2 N–H and O–H groups in total. The van der Waals surface area contributed by atoms with Gasteiger partial charge in [-0.05, 0) is 12.3 Å². The van der Waals surface area contributed by atoms with Gasteiger partial charge in [-0.2, -0.15) is 5.10 Å². The highest BCUT2D eigenvalue weighted by Gasteiger charge is 2.20. The van der Waals surface area contributed by atoms with Gasteiger partial charge in [0, 0.05) is 23.9 Å². The van der Waals surface area contributed by atoms with E-state index in [1.54, 1.807) is 12.5 Å². The molecule has 0 aromatic carbocycles. The number of anilines is 1. The van der Waals surface area contributed by atoms with Crippen LogP contribution in [0.25, 0.3) is 11.3 Å². The largest absolute Gasteiger partial charge is 0.369 e. The summed E-state index contributed by atoms with van der Waals surface area (Å²) in [6.45, 7) is 3.21. The molecule has 0 saturated heterocycles. The fourth-order valence-electron chi connectivity index (χ4n) is 2.08. The monoisotopic (exact) mass is 215 g/mol. The summed E-state index contributed by atoms with van der Waals surface area (Å²) in [6.07, 6.45) is 6.28. The normalized spacial score (nSPS) is 18.9. The van der Waals surface area contributed by atoms with Crippen molar-refractivity contribution < 1.29 is 0 Å². The van der Waals surface area contributed by atoms with Gasteiger partial charge in [0.15, 0.2) is 0 Å². The molecule has 2 aromatic rings. The molecular weight excluding hydrogens is 202 g/mol. The molecular formula is C11H13N5. The molecule has 1 aliphatic rings. The lowest BCUT2D eigenvalue weighted by Gasteiger charge is -2.23. The van der Waals surface area contributed by atoms with Crippen molar-refractivity contribution in [3.8, 4) is 11.3 Å². The molecule has 0 spiro atoms. The van der Waals surface area contributed by atoms with Crippen molar-refractivity contribution in [2.45, 2.75) is 13.3 Å². The zero-order valence-electron chi connectivity index (χ0n) is 9.07. The van der Waals surface area contributed by atoms with Crippen LogP contribution >= 0.6 is 0 Å². The van der Waals surface area contributed by atoms with E-state index in [2.05, 4.69) is 32.4 Å². The Hall–Kier alpha value is -1.91. The Morgan fingerprint density at radius 2 is 2.31 bits per heavy atom. The molecule has 1 atom stereocenters. The predicted molar refractivity (Wildman–Crippen MR) is 61.0 cm³/mol. The summed E-state index contributed by atoms with van der Waals surface area (Å²) in [7, 11) is 0. The molecule has 0 radical (unpaired) electrons. The van der Waals surface area contributed by atoms with E-state index in [0.717, 1.165) is 30.0 Å². The van der Waals surface area contributed by atoms with Crippen LogP contribution < -0.4 is 5.32 Å². The summed E-state index contributed by atoms with van der Waals surface area (Å²) in [5.74, 6) is 1.58. The van der Waals surface area contributed by atoms with Crippen LogP contribution in [-0.4, -0.2) is 26.7 Å². The SMILES string of the molecule is CC1CNc2ncnc(-c3cn[nH]c3)c2C1. The number of nitrogens with one attached hydrogen (secondary N) is 2. The molecule has 16 heavy (non-hydrogen) atoms. The summed E-state index contributed by atoms with van der Waals surface area (Å²) < 4.78 is 0. The number of hydrogen-bond acceptors (Lipinski definition) is 4. The molecule has 5 heteroatoms. The fraction of sp³-hybridized carbons (Fsp3) is 0.364. The van der Waals surface area contributed by atoms with Crippen LogP contribution in [0.4, 0.5) is 5.82 Å². The van der Waals surface area contributed by atoms with E-state index in [4.69, 9.17) is 0 Å². The maximum atomic E-state index is 4.36. The van der Waals surface area contributed by atoms with Crippen LogP contribution in [0.1, 0.15) is 12.5 Å². The van der Waals surface area contributed by atoms with E-state index in [1.807, 2.05) is 6.20 Å². The Bertz CT molecular complexity index is 491. The number of rotatable bonds is 1. The Kier molecular flexibility index (Phi) is 2.09. The van der Waals surface area contributed by atoms with Gasteiger partial charge in [0.1, 0.15) is 12.1 Å². The van der Waals surface area contributed by atoms with E-state index >= 15 is 0 Å². The first-order chi connectivity index (χ1) is 7.84. The molecule has 82 valence electrons. The van der Waals surface area contributed by atoms with E-state index < -0.39 is 0 Å². The maximum absolute atomic E-state index is 4.36. The Morgan fingerprint density at radius 1 is 1.38 bits per heavy atom. The summed E-state index contributed by atoms with van der Waals surface area (Å²) in [5.41, 5.74) is 3.20. The molecule has 0 bridgehead atoms. The molecule has 0 saturated carbocycles. The zero-order valence-corrected chi connectivity index (χ0v) is 9.07. The summed E-state index contributed by atoms with van der Waals surface area (Å²) in [6, 6.07) is 0. The highest BCUT2D eigenvalue weighted by molar-refractivity contribution is 5.67. The lowest BCUT2D eigenvalue weighted by atomic mass is 9.95. The molecule has 0 fully saturated rings. The average molecular weight is 215 g/mol. The van der Waals surface area contributed by atoms with Crippen LogP contribution in [0.2, 0.25) is 0 Å². The van der Waals surface area contributed by atoms with Gasteiger partial charge in [-0.1, -0.05) is 6.92 Å². The second kappa shape index (κ2) is 3.59. The number of fused-ring (bicyclic) bond motifs is 1. The van der Waals surface area contributed by atoms with E-state index in [1.165, 1.54) is 5.56 Å². The van der Waals surface area contributed by atoms with Crippen molar-refractivity contribution in [1.29, 1.82) is 0 Å². The van der Waals surface area contributed by atoms with Gasteiger partial charge in [-0.15, -0.1) is 0 Å². The first-order valence-electron chi connectivity index (χ1n) is 5.41. The third-order valence-electron chi connectivity index (χ3n) is 2.89. The topological polar surface area (TPSA) is 66.5 Å². The number of nitrogens with zero attached hydrogens (tertiary/aromatic N) is 3. The first-order valence-corrected chi connectivity index (χ1v) is 5.41. The quantitative estimate of drug-likeness (QED) is 0.756. The van der Waals surface area contributed by atoms with Crippen LogP contribution in [0.3, 0.4) is 0 Å². The van der Waals surface area contributed by atoms with Gasteiger partial charge in [0.2, 0.25) is 0 Å². The van der Waals surface area contributed by atoms with Crippen LogP contribution in [0, 0.1) is 5.92 Å². The second-order valence-corrected chi connectivity index (χ2v) is 4.23. The Labute approximate surface area is 93.3 Å². The Morgan fingerprint density at radius 3 is 3.12 bits per heavy atom. The van der Waals surface area contributed by atoms with E-state index in [0.29, 0.717) is 5.92 Å². The van der Waals surface area contributed by atoms with Crippen molar-refractivity contribution in [1.82, 2.24) is 20.2 Å². The molecule has 0 aliphatic carbocycles. The van der Waals surface area contributed by atoms with Crippen LogP contribution in [0.5, 0.6) is 0 Å². The highest BCUT2D eigenvalue weighted by Crippen LogP contribution is 2.30. The first kappa shape index (κ1) is 9.33. The smallest absolute Gasteiger partial charge is 0.133 e. The van der Waals surface area contributed by atoms with Gasteiger partial charge in [-0.25, -0.2) is 9.97 Å². The minimum Gasteiger partial charge on any atom is -0.369 e. The lowest BCUT2D eigenvalue weighted by molar-refractivity contribution is 0.589. The molecule has 3 heterocycles. The third kappa shape index (κ3) is 1.44. The van der Waals surface area contributed by atoms with Gasteiger partial charge < -0.3 is 5.32 Å². The predicted octanol–water partition coefficient (Wildman–Crippen LogP) is 1.47. The molecule has 2 aromatic heterocycles. The van der Waals surface area contributed by atoms with E-state index in [-0.39, 0.29) is 0 Å². The number of hydrogen-bond donors (Lipinski definition) is 2.